The number of carbonyl (C=O) groups is 1. The van der Waals surface area contributed by atoms with E-state index in [2.05, 4.69) is 30.7 Å². The predicted octanol–water partition coefficient (Wildman–Crippen LogP) is 1.22. The van der Waals surface area contributed by atoms with Crippen LogP contribution in [-0.2, 0) is 17.8 Å². The van der Waals surface area contributed by atoms with Crippen LogP contribution in [0.15, 0.2) is 29.0 Å². The van der Waals surface area contributed by atoms with Crippen molar-refractivity contribution in [1.82, 2.24) is 25.3 Å². The van der Waals surface area contributed by atoms with Crippen LogP contribution in [0.2, 0.25) is 0 Å². The second kappa shape index (κ2) is 8.68. The zero-order chi connectivity index (χ0) is 17.5. The van der Waals surface area contributed by atoms with Crippen molar-refractivity contribution in [3.8, 4) is 0 Å². The highest BCUT2D eigenvalue weighted by atomic mass is 16.5. The first-order valence-corrected chi connectivity index (χ1v) is 8.70. The fourth-order valence-corrected chi connectivity index (χ4v) is 2.94. The van der Waals surface area contributed by atoms with Crippen molar-refractivity contribution >= 4 is 11.6 Å². The van der Waals surface area contributed by atoms with Gasteiger partial charge >= 0.3 is 0 Å². The van der Waals surface area contributed by atoms with Crippen molar-refractivity contribution in [2.24, 2.45) is 0 Å². The highest BCUT2D eigenvalue weighted by Gasteiger charge is 2.21. The summed E-state index contributed by atoms with van der Waals surface area (Å²) in [5.74, 6) is 1.36. The summed E-state index contributed by atoms with van der Waals surface area (Å²) in [6, 6.07) is 3.83. The second-order valence-electron chi connectivity index (χ2n) is 6.20. The lowest BCUT2D eigenvalue weighted by molar-refractivity contribution is -0.115. The first kappa shape index (κ1) is 17.5. The summed E-state index contributed by atoms with van der Waals surface area (Å²) in [6.07, 6.45) is 6.21. The Bertz CT molecular complexity index is 675. The Kier molecular flexibility index (Phi) is 6.08. The van der Waals surface area contributed by atoms with Gasteiger partial charge in [0.05, 0.1) is 13.1 Å². The normalized spacial score (nSPS) is 18.2. The molecule has 0 aromatic carbocycles. The van der Waals surface area contributed by atoms with Crippen LogP contribution in [0.25, 0.3) is 0 Å². The minimum Gasteiger partial charge on any atom is -0.339 e. The van der Waals surface area contributed by atoms with E-state index in [1.807, 2.05) is 6.92 Å². The number of hydrogen-bond donors (Lipinski definition) is 2. The van der Waals surface area contributed by atoms with Gasteiger partial charge in [0, 0.05) is 37.1 Å². The predicted molar refractivity (Wildman–Crippen MR) is 92.8 cm³/mol. The highest BCUT2D eigenvalue weighted by Crippen LogP contribution is 2.13. The van der Waals surface area contributed by atoms with Crippen LogP contribution in [-0.4, -0.2) is 51.6 Å². The third-order valence-electron chi connectivity index (χ3n) is 4.20. The number of hydrogen-bond acceptors (Lipinski definition) is 7. The number of rotatable bonds is 7. The number of pyridine rings is 1. The van der Waals surface area contributed by atoms with E-state index >= 15 is 0 Å². The third kappa shape index (κ3) is 5.33. The summed E-state index contributed by atoms with van der Waals surface area (Å²) in [4.78, 5) is 22.6. The van der Waals surface area contributed by atoms with Crippen LogP contribution in [0.4, 0.5) is 5.69 Å². The molecule has 1 amide bonds. The van der Waals surface area contributed by atoms with Gasteiger partial charge in [-0.3, -0.25) is 14.7 Å². The molecule has 0 aliphatic carbocycles. The molecule has 1 aliphatic rings. The summed E-state index contributed by atoms with van der Waals surface area (Å²) >= 11 is 0. The number of anilines is 1. The summed E-state index contributed by atoms with van der Waals surface area (Å²) < 4.78 is 5.16. The number of carbonyl (C=O) groups excluding carboxylic acids is 1. The second-order valence-corrected chi connectivity index (χ2v) is 6.20. The maximum atomic E-state index is 12.0. The molecule has 8 nitrogen and oxygen atoms in total. The van der Waals surface area contributed by atoms with Crippen molar-refractivity contribution in [2.45, 2.75) is 38.8 Å². The van der Waals surface area contributed by atoms with Crippen molar-refractivity contribution in [3.63, 3.8) is 0 Å². The maximum Gasteiger partial charge on any atom is 0.238 e. The molecule has 2 aromatic rings. The zero-order valence-corrected chi connectivity index (χ0v) is 14.4. The Labute approximate surface area is 147 Å². The Morgan fingerprint density at radius 1 is 1.40 bits per heavy atom. The molecule has 0 unspecified atom stereocenters. The molecule has 8 heteroatoms. The van der Waals surface area contributed by atoms with Gasteiger partial charge in [0.2, 0.25) is 11.8 Å². The molecule has 2 N–H and O–H groups in total. The number of aryl methyl sites for hydroxylation is 1. The van der Waals surface area contributed by atoms with Gasteiger partial charge in [-0.15, -0.1) is 0 Å². The molecule has 0 saturated carbocycles. The molecule has 3 rings (SSSR count). The van der Waals surface area contributed by atoms with E-state index in [1.54, 1.807) is 24.5 Å². The van der Waals surface area contributed by atoms with Crippen LogP contribution in [0.3, 0.4) is 0 Å². The van der Waals surface area contributed by atoms with Crippen LogP contribution in [0.5, 0.6) is 0 Å². The van der Waals surface area contributed by atoms with Crippen molar-refractivity contribution in [3.05, 3.63) is 36.2 Å². The SMILES string of the molecule is CCc1nc(CN2CCC[C@H](NCC(=O)Nc3ccncc3)C2)no1. The monoisotopic (exact) mass is 344 g/mol. The fourth-order valence-electron chi connectivity index (χ4n) is 2.94. The first-order chi connectivity index (χ1) is 12.2. The molecule has 1 fully saturated rings. The number of likely N-dealkylation sites (tertiary alicyclic amines) is 1. The number of amides is 1. The van der Waals surface area contributed by atoms with Crippen LogP contribution >= 0.6 is 0 Å². The standard InChI is InChI=1S/C17H24N6O2/c1-2-17-21-15(22-25-17)12-23-9-3-4-14(11-23)19-10-16(24)20-13-5-7-18-8-6-13/h5-8,14,19H,2-4,9-12H2,1H3,(H,18,20,24)/t14-/m0/s1. The summed E-state index contributed by atoms with van der Waals surface area (Å²) in [7, 11) is 0. The number of piperidine rings is 1. The van der Waals surface area contributed by atoms with Gasteiger partial charge in [0.1, 0.15) is 0 Å². The first-order valence-electron chi connectivity index (χ1n) is 8.70. The largest absolute Gasteiger partial charge is 0.339 e. The Hall–Kier alpha value is -2.32. The minimum atomic E-state index is -0.0471. The zero-order valence-electron chi connectivity index (χ0n) is 14.4. The molecule has 3 heterocycles. The molecule has 0 spiro atoms. The number of nitrogens with zero attached hydrogens (tertiary/aromatic N) is 4. The lowest BCUT2D eigenvalue weighted by atomic mass is 10.1. The van der Waals surface area contributed by atoms with E-state index in [4.69, 9.17) is 4.52 Å². The molecule has 0 bridgehead atoms. The topological polar surface area (TPSA) is 96.2 Å². The van der Waals surface area contributed by atoms with E-state index in [1.165, 1.54) is 0 Å². The average Bonchev–Trinajstić information content (AvgIpc) is 3.09. The van der Waals surface area contributed by atoms with Crippen LogP contribution < -0.4 is 10.6 Å². The van der Waals surface area contributed by atoms with Gasteiger partial charge in [-0.05, 0) is 31.5 Å². The molecule has 1 atom stereocenters. The van der Waals surface area contributed by atoms with Crippen LogP contribution in [0, 0.1) is 0 Å². The molecule has 25 heavy (non-hydrogen) atoms. The Morgan fingerprint density at radius 2 is 2.24 bits per heavy atom. The molecule has 1 saturated heterocycles. The minimum absolute atomic E-state index is 0.0471. The van der Waals surface area contributed by atoms with Gasteiger partial charge in [-0.1, -0.05) is 12.1 Å². The van der Waals surface area contributed by atoms with Crippen LogP contribution in [0.1, 0.15) is 31.5 Å². The maximum absolute atomic E-state index is 12.0. The van der Waals surface area contributed by atoms with Gasteiger partial charge < -0.3 is 15.2 Å². The van der Waals surface area contributed by atoms with Crippen molar-refractivity contribution in [1.29, 1.82) is 0 Å². The van der Waals surface area contributed by atoms with Gasteiger partial charge in [0.15, 0.2) is 5.82 Å². The molecule has 2 aromatic heterocycles. The average molecular weight is 344 g/mol. The molecule has 134 valence electrons. The molecule has 1 aliphatic heterocycles. The Balaban J connectivity index is 1.42. The third-order valence-corrected chi connectivity index (χ3v) is 4.20. The van der Waals surface area contributed by atoms with Gasteiger partial charge in [-0.2, -0.15) is 4.98 Å². The van der Waals surface area contributed by atoms with Crippen molar-refractivity contribution < 1.29 is 9.32 Å². The van der Waals surface area contributed by atoms with Gasteiger partial charge in [0.25, 0.3) is 0 Å². The van der Waals surface area contributed by atoms with E-state index in [0.717, 1.165) is 43.9 Å². The quantitative estimate of drug-likeness (QED) is 0.779. The molecule has 0 radical (unpaired) electrons. The lowest BCUT2D eigenvalue weighted by Crippen LogP contribution is -2.47. The summed E-state index contributed by atoms with van der Waals surface area (Å²) in [6.45, 7) is 4.86. The smallest absolute Gasteiger partial charge is 0.238 e. The van der Waals surface area contributed by atoms with E-state index < -0.39 is 0 Å². The van der Waals surface area contributed by atoms with Gasteiger partial charge in [-0.25, -0.2) is 0 Å². The molecular weight excluding hydrogens is 320 g/mol. The van der Waals surface area contributed by atoms with E-state index in [0.29, 0.717) is 19.0 Å². The number of aromatic nitrogens is 3. The fraction of sp³-hybridized carbons (Fsp3) is 0.529. The van der Waals surface area contributed by atoms with E-state index in [9.17, 15) is 4.79 Å². The molecular formula is C17H24N6O2. The highest BCUT2D eigenvalue weighted by molar-refractivity contribution is 5.92. The lowest BCUT2D eigenvalue weighted by Gasteiger charge is -2.32. The van der Waals surface area contributed by atoms with E-state index in [-0.39, 0.29) is 11.9 Å². The Morgan fingerprint density at radius 3 is 3.00 bits per heavy atom. The summed E-state index contributed by atoms with van der Waals surface area (Å²) in [5, 5.41) is 10.2. The number of nitrogens with one attached hydrogen (secondary N) is 2. The van der Waals surface area contributed by atoms with Crippen molar-refractivity contribution in [2.75, 3.05) is 25.0 Å². The summed E-state index contributed by atoms with van der Waals surface area (Å²) in [5.41, 5.74) is 0.760.